The number of anilines is 3. The van der Waals surface area contributed by atoms with Crippen LogP contribution in [0.4, 0.5) is 17.1 Å². The summed E-state index contributed by atoms with van der Waals surface area (Å²) in [6, 6.07) is 30.9. The smallest absolute Gasteiger partial charge is 0.106 e. The van der Waals surface area contributed by atoms with E-state index in [1.807, 2.05) is 88.8 Å². The van der Waals surface area contributed by atoms with Crippen LogP contribution in [0.1, 0.15) is 36.5 Å². The third-order valence-corrected chi connectivity index (χ3v) is 7.90. The molecule has 5 rings (SSSR count). The molecule has 0 spiro atoms. The van der Waals surface area contributed by atoms with Crippen LogP contribution in [0.5, 0.6) is 0 Å². The lowest BCUT2D eigenvalue weighted by molar-refractivity contribution is 1.15. The minimum absolute atomic E-state index is 0.433. The van der Waals surface area contributed by atoms with Crippen LogP contribution < -0.4 is 21.7 Å². The molecule has 1 aliphatic rings. The highest BCUT2D eigenvalue weighted by Gasteiger charge is 2.18. The predicted octanol–water partition coefficient (Wildman–Crippen LogP) is 8.46. The van der Waals surface area contributed by atoms with Crippen molar-refractivity contribution in [3.63, 3.8) is 0 Å². The van der Waals surface area contributed by atoms with Crippen molar-refractivity contribution in [1.29, 1.82) is 5.26 Å². The zero-order chi connectivity index (χ0) is 32.5. The molecule has 1 aliphatic heterocycles. The van der Waals surface area contributed by atoms with Gasteiger partial charge in [-0.3, -0.25) is 4.99 Å². The maximum atomic E-state index is 9.71. The zero-order valence-corrected chi connectivity index (χ0v) is 26.7. The van der Waals surface area contributed by atoms with E-state index in [9.17, 15) is 5.26 Å². The van der Waals surface area contributed by atoms with Gasteiger partial charge < -0.3 is 21.7 Å². The number of nitrogens with two attached hydrogens (primary N) is 1. The van der Waals surface area contributed by atoms with Crippen molar-refractivity contribution in [2.24, 2.45) is 15.7 Å². The van der Waals surface area contributed by atoms with Gasteiger partial charge in [-0.05, 0) is 60.0 Å². The van der Waals surface area contributed by atoms with Crippen molar-refractivity contribution in [1.82, 2.24) is 0 Å². The SMILES string of the molecule is C/C=C\C=C/CC1=C(c2ccc(-c3cc(NC)ccc3C#N)cc2)N=C(N)CC(c2ccc(-c3cc(NC)ccc3NC)cc2)=N1. The summed E-state index contributed by atoms with van der Waals surface area (Å²) in [6.45, 7) is 1.99. The molecule has 7 nitrogen and oxygen atoms in total. The molecule has 230 valence electrons. The number of nitrogens with one attached hydrogen (secondary N) is 3. The van der Waals surface area contributed by atoms with Gasteiger partial charge in [0.15, 0.2) is 0 Å². The largest absolute Gasteiger partial charge is 0.388 e. The van der Waals surface area contributed by atoms with Crippen LogP contribution in [0.25, 0.3) is 28.0 Å². The molecule has 0 fully saturated rings. The number of nitriles is 1. The lowest BCUT2D eigenvalue weighted by atomic mass is 9.97. The van der Waals surface area contributed by atoms with E-state index in [2.05, 4.69) is 70.6 Å². The molecule has 4 aromatic carbocycles. The first-order valence-electron chi connectivity index (χ1n) is 15.3. The molecular weight excluding hydrogens is 566 g/mol. The summed E-state index contributed by atoms with van der Waals surface area (Å²) in [5.41, 5.74) is 18.6. The Morgan fingerprint density at radius 3 is 1.98 bits per heavy atom. The number of rotatable bonds is 10. The van der Waals surface area contributed by atoms with Gasteiger partial charge in [-0.15, -0.1) is 0 Å². The van der Waals surface area contributed by atoms with Gasteiger partial charge in [0.25, 0.3) is 0 Å². The summed E-state index contributed by atoms with van der Waals surface area (Å²) >= 11 is 0. The molecule has 0 amide bonds. The topological polar surface area (TPSA) is 111 Å². The molecule has 0 aromatic heterocycles. The lowest BCUT2D eigenvalue weighted by Gasteiger charge is -2.13. The fourth-order valence-electron chi connectivity index (χ4n) is 5.43. The molecule has 0 aliphatic carbocycles. The fraction of sp³-hybridized carbons (Fsp3) is 0.154. The fourth-order valence-corrected chi connectivity index (χ4v) is 5.43. The minimum Gasteiger partial charge on any atom is -0.388 e. The summed E-state index contributed by atoms with van der Waals surface area (Å²) in [5, 5.41) is 19.4. The van der Waals surface area contributed by atoms with E-state index in [-0.39, 0.29) is 0 Å². The van der Waals surface area contributed by atoms with Crippen molar-refractivity contribution in [3.8, 4) is 28.3 Å². The van der Waals surface area contributed by atoms with Gasteiger partial charge >= 0.3 is 0 Å². The highest BCUT2D eigenvalue weighted by Crippen LogP contribution is 2.33. The number of aliphatic imine (C=N–C) groups is 2. The highest BCUT2D eigenvalue weighted by atomic mass is 14.9. The number of benzene rings is 4. The van der Waals surface area contributed by atoms with E-state index >= 15 is 0 Å². The minimum atomic E-state index is 0.433. The van der Waals surface area contributed by atoms with Crippen LogP contribution in [-0.4, -0.2) is 32.7 Å². The molecule has 0 bridgehead atoms. The third kappa shape index (κ3) is 7.09. The number of nitrogens with zero attached hydrogens (tertiary/aromatic N) is 3. The average molecular weight is 606 g/mol. The first-order chi connectivity index (χ1) is 22.5. The molecule has 7 heteroatoms. The quantitative estimate of drug-likeness (QED) is 0.136. The van der Waals surface area contributed by atoms with Crippen LogP contribution in [0, 0.1) is 11.3 Å². The second-order valence-electron chi connectivity index (χ2n) is 10.8. The molecular formula is C39H39N7. The van der Waals surface area contributed by atoms with E-state index in [1.54, 1.807) is 0 Å². The normalized spacial score (nSPS) is 13.3. The van der Waals surface area contributed by atoms with Gasteiger partial charge in [-0.2, -0.15) is 5.26 Å². The maximum Gasteiger partial charge on any atom is 0.106 e. The van der Waals surface area contributed by atoms with Crippen molar-refractivity contribution in [2.45, 2.75) is 19.8 Å². The average Bonchev–Trinajstić information content (AvgIpc) is 3.27. The van der Waals surface area contributed by atoms with Crippen LogP contribution in [-0.2, 0) is 0 Å². The Labute approximate surface area is 271 Å². The monoisotopic (exact) mass is 605 g/mol. The number of allylic oxidation sites excluding steroid dienone is 4. The summed E-state index contributed by atoms with van der Waals surface area (Å²) in [7, 11) is 5.73. The van der Waals surface area contributed by atoms with E-state index in [0.29, 0.717) is 24.2 Å². The summed E-state index contributed by atoms with van der Waals surface area (Å²) in [5.74, 6) is 0.502. The Bertz CT molecular complexity index is 1900. The Kier molecular flexibility index (Phi) is 10.1. The molecule has 46 heavy (non-hydrogen) atoms. The molecule has 4 aromatic rings. The van der Waals surface area contributed by atoms with Crippen LogP contribution >= 0.6 is 0 Å². The predicted molar refractivity (Wildman–Crippen MR) is 195 cm³/mol. The van der Waals surface area contributed by atoms with Gasteiger partial charge in [0.2, 0.25) is 0 Å². The second kappa shape index (κ2) is 14.7. The molecule has 1 heterocycles. The van der Waals surface area contributed by atoms with Gasteiger partial charge in [0.05, 0.1) is 28.7 Å². The zero-order valence-electron chi connectivity index (χ0n) is 26.7. The molecule has 0 unspecified atom stereocenters. The Balaban J connectivity index is 1.55. The summed E-state index contributed by atoms with van der Waals surface area (Å²) < 4.78 is 0. The second-order valence-corrected chi connectivity index (χ2v) is 10.8. The Morgan fingerprint density at radius 1 is 0.739 bits per heavy atom. The number of hydrogen-bond acceptors (Lipinski definition) is 7. The third-order valence-electron chi connectivity index (χ3n) is 7.90. The van der Waals surface area contributed by atoms with Gasteiger partial charge in [-0.1, -0.05) is 72.8 Å². The van der Waals surface area contributed by atoms with Gasteiger partial charge in [0.1, 0.15) is 5.84 Å². The van der Waals surface area contributed by atoms with E-state index in [0.717, 1.165) is 67.5 Å². The first kappa shape index (κ1) is 31.6. The maximum absolute atomic E-state index is 9.71. The van der Waals surface area contributed by atoms with Gasteiger partial charge in [0, 0.05) is 67.7 Å². The molecule has 0 saturated carbocycles. The highest BCUT2D eigenvalue weighted by molar-refractivity contribution is 6.14. The Morgan fingerprint density at radius 2 is 1.35 bits per heavy atom. The van der Waals surface area contributed by atoms with E-state index in [1.165, 1.54) is 0 Å². The van der Waals surface area contributed by atoms with E-state index < -0.39 is 0 Å². The van der Waals surface area contributed by atoms with Crippen molar-refractivity contribution in [2.75, 3.05) is 37.1 Å². The van der Waals surface area contributed by atoms with Crippen LogP contribution in [0.3, 0.4) is 0 Å². The van der Waals surface area contributed by atoms with Gasteiger partial charge in [-0.25, -0.2) is 4.99 Å². The molecule has 0 radical (unpaired) electrons. The van der Waals surface area contributed by atoms with Crippen molar-refractivity contribution < 1.29 is 0 Å². The van der Waals surface area contributed by atoms with E-state index in [4.69, 9.17) is 15.7 Å². The van der Waals surface area contributed by atoms with Crippen molar-refractivity contribution in [3.05, 3.63) is 132 Å². The van der Waals surface area contributed by atoms with Crippen molar-refractivity contribution >= 4 is 34.3 Å². The standard InChI is InChI=1S/C39H39N7/c1-5-6-7-8-9-36-39(29-16-12-26(13-17-29)33-22-31(42-2)19-18-30(33)25-40)46-38(41)24-37(45-36)28-14-10-27(11-15-28)34-23-32(43-3)20-21-35(34)44-4/h5-8,10-23,42-44H,9,24H2,1-4H3,(H2,41,46)/b6-5-,8-7-. The first-order valence-corrected chi connectivity index (χ1v) is 15.3. The molecule has 5 N–H and O–H groups in total. The molecule has 0 atom stereocenters. The number of amidine groups is 1. The van der Waals surface area contributed by atoms with Crippen LogP contribution in [0.2, 0.25) is 0 Å². The summed E-state index contributed by atoms with van der Waals surface area (Å²) in [4.78, 5) is 10.1. The molecule has 0 saturated heterocycles. The Hall–Kier alpha value is -5.87. The lowest BCUT2D eigenvalue weighted by Crippen LogP contribution is -2.17. The summed E-state index contributed by atoms with van der Waals surface area (Å²) in [6.07, 6.45) is 9.12. The van der Waals surface area contributed by atoms with Crippen LogP contribution in [0.15, 0.2) is 125 Å². The number of hydrogen-bond donors (Lipinski definition) is 4.